The van der Waals surface area contributed by atoms with Crippen LogP contribution in [0.2, 0.25) is 12.6 Å². The van der Waals surface area contributed by atoms with E-state index in [9.17, 15) is 4.39 Å². The van der Waals surface area contributed by atoms with Gasteiger partial charge in [0.15, 0.2) is 0 Å². The first kappa shape index (κ1) is 9.20. The zero-order valence-corrected chi connectivity index (χ0v) is 8.40. The Balaban J connectivity index is 2.49. The van der Waals surface area contributed by atoms with Crippen LogP contribution in [-0.4, -0.2) is 20.7 Å². The van der Waals surface area contributed by atoms with Crippen molar-refractivity contribution in [3.63, 3.8) is 0 Å². The van der Waals surface area contributed by atoms with Crippen LogP contribution in [0, 0.1) is 0 Å². The van der Waals surface area contributed by atoms with Crippen LogP contribution in [0.25, 0.3) is 0 Å². The molecule has 1 aliphatic heterocycles. The van der Waals surface area contributed by atoms with Gasteiger partial charge in [0.2, 0.25) is 8.32 Å². The quantitative estimate of drug-likeness (QED) is 0.588. The van der Waals surface area contributed by atoms with E-state index in [-0.39, 0.29) is 0 Å². The molecule has 0 radical (unpaired) electrons. The van der Waals surface area contributed by atoms with Crippen molar-refractivity contribution in [2.45, 2.75) is 44.6 Å². The summed E-state index contributed by atoms with van der Waals surface area (Å²) >= 11 is 0. The molecule has 0 amide bonds. The number of alkyl halides is 1. The molecular formula is C8H17FOSi. The van der Waals surface area contributed by atoms with E-state index in [1.165, 1.54) is 6.42 Å². The van der Waals surface area contributed by atoms with E-state index in [1.54, 1.807) is 0 Å². The number of hydrogen-bond donors (Lipinski definition) is 0. The fraction of sp³-hybridized carbons (Fsp3) is 1.00. The van der Waals surface area contributed by atoms with Gasteiger partial charge >= 0.3 is 0 Å². The van der Waals surface area contributed by atoms with Gasteiger partial charge in [-0.1, -0.05) is 13.3 Å². The smallest absolute Gasteiger partial charge is 0.224 e. The summed E-state index contributed by atoms with van der Waals surface area (Å²) < 4.78 is 18.9. The first-order valence-corrected chi connectivity index (χ1v) is 7.16. The summed E-state index contributed by atoms with van der Waals surface area (Å²) in [6, 6.07) is 1.02. The van der Waals surface area contributed by atoms with Crippen LogP contribution in [0.1, 0.15) is 26.2 Å². The predicted octanol–water partition coefficient (Wildman–Crippen LogP) is 2.66. The predicted molar refractivity (Wildman–Crippen MR) is 46.8 cm³/mol. The largest absolute Gasteiger partial charge is 0.414 e. The zero-order chi connectivity index (χ0) is 8.32. The third kappa shape index (κ3) is 2.03. The molecule has 66 valence electrons. The molecule has 11 heavy (non-hydrogen) atoms. The molecule has 0 aliphatic carbocycles. The summed E-state index contributed by atoms with van der Waals surface area (Å²) in [7, 11) is -1.91. The lowest BCUT2D eigenvalue weighted by Crippen LogP contribution is -2.47. The van der Waals surface area contributed by atoms with Crippen LogP contribution in [0.4, 0.5) is 4.39 Å². The number of rotatable bonds is 2. The summed E-state index contributed by atoms with van der Waals surface area (Å²) in [4.78, 5) is 0. The van der Waals surface area contributed by atoms with E-state index in [4.69, 9.17) is 4.43 Å². The van der Waals surface area contributed by atoms with E-state index >= 15 is 0 Å². The van der Waals surface area contributed by atoms with Crippen molar-refractivity contribution in [1.29, 1.82) is 0 Å². The van der Waals surface area contributed by atoms with E-state index in [0.717, 1.165) is 19.1 Å². The lowest BCUT2D eigenvalue weighted by molar-refractivity contribution is 0.233. The molecule has 1 rings (SSSR count). The van der Waals surface area contributed by atoms with Gasteiger partial charge in [-0.2, -0.15) is 0 Å². The van der Waals surface area contributed by atoms with E-state index in [0.29, 0.717) is 6.42 Å². The van der Waals surface area contributed by atoms with E-state index in [2.05, 4.69) is 0 Å². The van der Waals surface area contributed by atoms with Gasteiger partial charge < -0.3 is 4.43 Å². The highest BCUT2D eigenvalue weighted by Gasteiger charge is 2.39. The summed E-state index contributed by atoms with van der Waals surface area (Å²) in [5.41, 5.74) is 0. The summed E-state index contributed by atoms with van der Waals surface area (Å²) in [6.07, 6.45) is 2.92. The maximum atomic E-state index is 13.3. The highest BCUT2D eigenvalue weighted by atomic mass is 28.4. The van der Waals surface area contributed by atoms with E-state index in [1.807, 2.05) is 13.5 Å². The fourth-order valence-electron chi connectivity index (χ4n) is 1.63. The standard InChI is InChI=1S/C8H17FOSi/c1-3-8(9)11(2)7-5-4-6-10-11/h8H,3-7H2,1-2H3. The first-order valence-electron chi connectivity index (χ1n) is 4.47. The molecule has 0 saturated carbocycles. The Hall–Kier alpha value is 0.107. The summed E-state index contributed by atoms with van der Waals surface area (Å²) in [5.74, 6) is -0.650. The molecule has 0 aromatic rings. The Kier molecular flexibility index (Phi) is 3.07. The van der Waals surface area contributed by atoms with Gasteiger partial charge in [0.05, 0.1) is 0 Å². The minimum absolute atomic E-state index is 0.628. The van der Waals surface area contributed by atoms with Gasteiger partial charge in [-0.05, 0) is 25.4 Å². The second kappa shape index (κ2) is 3.67. The van der Waals surface area contributed by atoms with Crippen LogP contribution >= 0.6 is 0 Å². The highest BCUT2D eigenvalue weighted by molar-refractivity contribution is 6.73. The Morgan fingerprint density at radius 3 is 2.73 bits per heavy atom. The molecule has 1 fully saturated rings. The summed E-state index contributed by atoms with van der Waals surface area (Å²) in [6.45, 7) is 4.73. The lowest BCUT2D eigenvalue weighted by Gasteiger charge is -2.33. The Bertz CT molecular complexity index is 123. The molecule has 1 saturated heterocycles. The molecule has 0 aromatic heterocycles. The van der Waals surface area contributed by atoms with Crippen molar-refractivity contribution in [3.05, 3.63) is 0 Å². The molecule has 2 atom stereocenters. The zero-order valence-electron chi connectivity index (χ0n) is 7.40. The molecular weight excluding hydrogens is 159 g/mol. The summed E-state index contributed by atoms with van der Waals surface area (Å²) in [5, 5.41) is 0. The van der Waals surface area contributed by atoms with Crippen LogP contribution in [0.15, 0.2) is 0 Å². The maximum Gasteiger partial charge on any atom is 0.224 e. The van der Waals surface area contributed by atoms with Gasteiger partial charge in [0.1, 0.15) is 5.79 Å². The average Bonchev–Trinajstić information content (AvgIpc) is 2.04. The SMILES string of the molecule is CCC(F)[Si]1(C)CCCCO1. The lowest BCUT2D eigenvalue weighted by atomic mass is 10.4. The third-order valence-corrected chi connectivity index (χ3v) is 6.46. The van der Waals surface area contributed by atoms with Crippen LogP contribution in [0.3, 0.4) is 0 Å². The minimum Gasteiger partial charge on any atom is -0.414 e. The normalized spacial score (nSPS) is 35.2. The maximum absolute atomic E-state index is 13.3. The molecule has 0 bridgehead atoms. The van der Waals surface area contributed by atoms with Crippen LogP contribution in [-0.2, 0) is 4.43 Å². The molecule has 1 nitrogen and oxygen atoms in total. The van der Waals surface area contributed by atoms with Crippen molar-refractivity contribution >= 4 is 8.32 Å². The molecule has 3 heteroatoms. The van der Waals surface area contributed by atoms with Crippen molar-refractivity contribution in [3.8, 4) is 0 Å². The van der Waals surface area contributed by atoms with Gasteiger partial charge in [0.25, 0.3) is 0 Å². The molecule has 0 N–H and O–H groups in total. The van der Waals surface area contributed by atoms with Crippen LogP contribution < -0.4 is 0 Å². The van der Waals surface area contributed by atoms with Gasteiger partial charge in [0, 0.05) is 6.61 Å². The van der Waals surface area contributed by atoms with Crippen LogP contribution in [0.5, 0.6) is 0 Å². The second-order valence-electron chi connectivity index (χ2n) is 3.49. The number of halogens is 1. The molecule has 1 heterocycles. The van der Waals surface area contributed by atoms with Gasteiger partial charge in [-0.15, -0.1) is 0 Å². The Morgan fingerprint density at radius 1 is 1.55 bits per heavy atom. The fourth-order valence-corrected chi connectivity index (χ4v) is 4.70. The van der Waals surface area contributed by atoms with Gasteiger partial charge in [-0.25, -0.2) is 4.39 Å². The first-order chi connectivity index (χ1) is 5.19. The topological polar surface area (TPSA) is 9.23 Å². The van der Waals surface area contributed by atoms with Crippen molar-refractivity contribution in [1.82, 2.24) is 0 Å². The Labute approximate surface area is 69.1 Å². The molecule has 0 spiro atoms. The number of hydrogen-bond acceptors (Lipinski definition) is 1. The average molecular weight is 176 g/mol. The Morgan fingerprint density at radius 2 is 2.27 bits per heavy atom. The highest BCUT2D eigenvalue weighted by Crippen LogP contribution is 2.27. The monoisotopic (exact) mass is 176 g/mol. The molecule has 2 unspecified atom stereocenters. The van der Waals surface area contributed by atoms with Crippen molar-refractivity contribution < 1.29 is 8.82 Å². The molecule has 0 aromatic carbocycles. The van der Waals surface area contributed by atoms with E-state index < -0.39 is 14.1 Å². The van der Waals surface area contributed by atoms with Crippen molar-refractivity contribution in [2.75, 3.05) is 6.61 Å². The third-order valence-electron chi connectivity index (χ3n) is 2.52. The molecule has 1 aliphatic rings. The van der Waals surface area contributed by atoms with Gasteiger partial charge in [-0.3, -0.25) is 0 Å². The minimum atomic E-state index is -1.91. The second-order valence-corrected chi connectivity index (χ2v) is 7.53. The van der Waals surface area contributed by atoms with Crippen molar-refractivity contribution in [2.24, 2.45) is 0 Å².